The molecule has 0 aromatic heterocycles. The fourth-order valence-electron chi connectivity index (χ4n) is 1.45. The molecule has 1 aliphatic heterocycles. The van der Waals surface area contributed by atoms with Crippen LogP contribution in [0, 0.1) is 5.92 Å². The van der Waals surface area contributed by atoms with Crippen molar-refractivity contribution >= 4 is 21.8 Å². The number of benzene rings is 1. The van der Waals surface area contributed by atoms with E-state index in [-0.39, 0.29) is 11.8 Å². The van der Waals surface area contributed by atoms with Gasteiger partial charge in [-0.3, -0.25) is 4.79 Å². The van der Waals surface area contributed by atoms with Crippen molar-refractivity contribution in [3.05, 3.63) is 34.3 Å². The molecule has 0 spiro atoms. The first-order chi connectivity index (χ1) is 7.25. The minimum atomic E-state index is 0.147. The molecule has 0 aliphatic carbocycles. The van der Waals surface area contributed by atoms with Crippen LogP contribution in [-0.2, 0) is 11.3 Å². The summed E-state index contributed by atoms with van der Waals surface area (Å²) in [6.07, 6.45) is 0. The molecule has 3 nitrogen and oxygen atoms in total. The highest BCUT2D eigenvalue weighted by Crippen LogP contribution is 2.11. The summed E-state index contributed by atoms with van der Waals surface area (Å²) in [5, 5.41) is 6.01. The van der Waals surface area contributed by atoms with Gasteiger partial charge in [-0.25, -0.2) is 0 Å². The zero-order chi connectivity index (χ0) is 10.7. The van der Waals surface area contributed by atoms with Gasteiger partial charge in [0.1, 0.15) is 0 Å². The fraction of sp³-hybridized carbons (Fsp3) is 0.364. The molecule has 1 aromatic carbocycles. The highest BCUT2D eigenvalue weighted by Gasteiger charge is 2.24. The lowest BCUT2D eigenvalue weighted by Crippen LogP contribution is -2.50. The fourth-order valence-corrected chi connectivity index (χ4v) is 1.90. The maximum Gasteiger partial charge on any atom is 0.225 e. The summed E-state index contributed by atoms with van der Waals surface area (Å²) in [6.45, 7) is 2.23. The van der Waals surface area contributed by atoms with E-state index in [0.29, 0.717) is 6.54 Å². The Bertz CT molecular complexity index is 363. The summed E-state index contributed by atoms with van der Waals surface area (Å²) in [4.78, 5) is 11.5. The number of hydrogen-bond acceptors (Lipinski definition) is 2. The van der Waals surface area contributed by atoms with Crippen molar-refractivity contribution in [1.29, 1.82) is 0 Å². The molecule has 15 heavy (non-hydrogen) atoms. The number of nitrogens with one attached hydrogen (secondary N) is 2. The van der Waals surface area contributed by atoms with E-state index in [9.17, 15) is 4.79 Å². The van der Waals surface area contributed by atoms with Crippen LogP contribution in [0.1, 0.15) is 5.56 Å². The molecule has 1 aromatic rings. The molecule has 80 valence electrons. The first-order valence-electron chi connectivity index (χ1n) is 4.98. The number of carbonyl (C=O) groups excluding carboxylic acids is 1. The van der Waals surface area contributed by atoms with Crippen LogP contribution in [-0.4, -0.2) is 19.0 Å². The summed E-state index contributed by atoms with van der Waals surface area (Å²) in [5.41, 5.74) is 1.12. The Kier molecular flexibility index (Phi) is 3.38. The molecule has 0 atom stereocenters. The minimum Gasteiger partial charge on any atom is -0.352 e. The number of halogens is 1. The quantitative estimate of drug-likeness (QED) is 0.868. The van der Waals surface area contributed by atoms with Crippen LogP contribution in [0.3, 0.4) is 0 Å². The van der Waals surface area contributed by atoms with Crippen molar-refractivity contribution in [2.75, 3.05) is 13.1 Å². The highest BCUT2D eigenvalue weighted by molar-refractivity contribution is 9.10. The van der Waals surface area contributed by atoms with E-state index in [1.54, 1.807) is 0 Å². The van der Waals surface area contributed by atoms with Gasteiger partial charge in [0.2, 0.25) is 5.91 Å². The molecule has 0 saturated carbocycles. The van der Waals surface area contributed by atoms with Crippen LogP contribution in [0.15, 0.2) is 28.7 Å². The van der Waals surface area contributed by atoms with Crippen LogP contribution in [0.25, 0.3) is 0 Å². The van der Waals surface area contributed by atoms with Gasteiger partial charge in [0.25, 0.3) is 0 Å². The molecule has 0 radical (unpaired) electrons. The van der Waals surface area contributed by atoms with E-state index < -0.39 is 0 Å². The van der Waals surface area contributed by atoms with Crippen molar-refractivity contribution in [2.24, 2.45) is 5.92 Å². The van der Waals surface area contributed by atoms with Gasteiger partial charge in [-0.15, -0.1) is 0 Å². The second-order valence-corrected chi connectivity index (χ2v) is 4.62. The van der Waals surface area contributed by atoms with Crippen LogP contribution in [0.4, 0.5) is 0 Å². The topological polar surface area (TPSA) is 41.1 Å². The zero-order valence-electron chi connectivity index (χ0n) is 8.29. The van der Waals surface area contributed by atoms with Gasteiger partial charge in [0.05, 0.1) is 5.92 Å². The molecular formula is C11H13BrN2O. The first-order valence-corrected chi connectivity index (χ1v) is 5.78. The molecule has 0 unspecified atom stereocenters. The van der Waals surface area contributed by atoms with E-state index in [2.05, 4.69) is 26.6 Å². The molecule has 1 amide bonds. The lowest BCUT2D eigenvalue weighted by atomic mass is 10.0. The molecule has 1 saturated heterocycles. The molecule has 1 fully saturated rings. The van der Waals surface area contributed by atoms with Crippen LogP contribution in [0.2, 0.25) is 0 Å². The molecular weight excluding hydrogens is 256 g/mol. The molecule has 0 bridgehead atoms. The maximum atomic E-state index is 11.5. The van der Waals surface area contributed by atoms with E-state index >= 15 is 0 Å². The number of hydrogen-bond donors (Lipinski definition) is 2. The Morgan fingerprint density at radius 1 is 1.53 bits per heavy atom. The van der Waals surface area contributed by atoms with Gasteiger partial charge in [0.15, 0.2) is 0 Å². The SMILES string of the molecule is O=C(NCc1cccc(Br)c1)C1CNC1. The predicted octanol–water partition coefficient (Wildman–Crippen LogP) is 1.28. The second kappa shape index (κ2) is 4.77. The average molecular weight is 269 g/mol. The Morgan fingerprint density at radius 3 is 2.93 bits per heavy atom. The average Bonchev–Trinajstić information content (AvgIpc) is 2.12. The largest absolute Gasteiger partial charge is 0.352 e. The van der Waals surface area contributed by atoms with Gasteiger partial charge >= 0.3 is 0 Å². The Hall–Kier alpha value is -0.870. The van der Waals surface area contributed by atoms with E-state index in [0.717, 1.165) is 23.1 Å². The maximum absolute atomic E-state index is 11.5. The van der Waals surface area contributed by atoms with Crippen molar-refractivity contribution in [3.8, 4) is 0 Å². The summed E-state index contributed by atoms with van der Waals surface area (Å²) in [7, 11) is 0. The standard InChI is InChI=1S/C11H13BrN2O/c12-10-3-1-2-8(4-10)5-14-11(15)9-6-13-7-9/h1-4,9,13H,5-7H2,(H,14,15). The monoisotopic (exact) mass is 268 g/mol. The Labute approximate surface area is 97.4 Å². The smallest absolute Gasteiger partial charge is 0.225 e. The molecule has 2 N–H and O–H groups in total. The lowest BCUT2D eigenvalue weighted by Gasteiger charge is -2.25. The number of carbonyl (C=O) groups is 1. The van der Waals surface area contributed by atoms with E-state index in [1.165, 1.54) is 0 Å². The summed E-state index contributed by atoms with van der Waals surface area (Å²) < 4.78 is 1.04. The van der Waals surface area contributed by atoms with Gasteiger partial charge in [-0.1, -0.05) is 28.1 Å². The first kappa shape index (κ1) is 10.6. The Balaban J connectivity index is 1.84. The van der Waals surface area contributed by atoms with Crippen molar-refractivity contribution in [1.82, 2.24) is 10.6 Å². The normalized spacial score (nSPS) is 15.8. The van der Waals surface area contributed by atoms with Gasteiger partial charge < -0.3 is 10.6 Å². The molecule has 2 rings (SSSR count). The van der Waals surface area contributed by atoms with Crippen LogP contribution < -0.4 is 10.6 Å². The van der Waals surface area contributed by atoms with Crippen LogP contribution >= 0.6 is 15.9 Å². The minimum absolute atomic E-state index is 0.147. The third-order valence-electron chi connectivity index (χ3n) is 2.51. The number of amides is 1. The summed E-state index contributed by atoms with van der Waals surface area (Å²) >= 11 is 3.40. The number of rotatable bonds is 3. The molecule has 1 heterocycles. The lowest BCUT2D eigenvalue weighted by molar-refractivity contribution is -0.126. The third-order valence-corrected chi connectivity index (χ3v) is 3.00. The van der Waals surface area contributed by atoms with E-state index in [1.807, 2.05) is 24.3 Å². The second-order valence-electron chi connectivity index (χ2n) is 3.70. The summed E-state index contributed by atoms with van der Waals surface area (Å²) in [6, 6.07) is 7.96. The van der Waals surface area contributed by atoms with Crippen molar-refractivity contribution in [3.63, 3.8) is 0 Å². The predicted molar refractivity (Wildman–Crippen MR) is 62.3 cm³/mol. The van der Waals surface area contributed by atoms with Crippen LogP contribution in [0.5, 0.6) is 0 Å². The Morgan fingerprint density at radius 2 is 2.33 bits per heavy atom. The molecule has 1 aliphatic rings. The van der Waals surface area contributed by atoms with Gasteiger partial charge in [-0.2, -0.15) is 0 Å². The van der Waals surface area contributed by atoms with Crippen molar-refractivity contribution < 1.29 is 4.79 Å². The van der Waals surface area contributed by atoms with Gasteiger partial charge in [-0.05, 0) is 17.7 Å². The summed E-state index contributed by atoms with van der Waals surface area (Å²) in [5.74, 6) is 0.311. The van der Waals surface area contributed by atoms with Gasteiger partial charge in [0, 0.05) is 24.1 Å². The zero-order valence-corrected chi connectivity index (χ0v) is 9.88. The third kappa shape index (κ3) is 2.79. The highest BCUT2D eigenvalue weighted by atomic mass is 79.9. The van der Waals surface area contributed by atoms with E-state index in [4.69, 9.17) is 0 Å². The molecule has 4 heteroatoms. The van der Waals surface area contributed by atoms with Crippen molar-refractivity contribution in [2.45, 2.75) is 6.54 Å².